The van der Waals surface area contributed by atoms with Gasteiger partial charge in [0.15, 0.2) is 0 Å². The lowest BCUT2D eigenvalue weighted by Gasteiger charge is -2.33. The molecular weight excluding hydrogens is 287 g/mol. The predicted octanol–water partition coefficient (Wildman–Crippen LogP) is 2.85. The maximum atomic E-state index is 13.5. The number of rotatable bonds is 4. The molecule has 0 aliphatic carbocycles. The van der Waals surface area contributed by atoms with E-state index >= 15 is 0 Å². The van der Waals surface area contributed by atoms with Gasteiger partial charge in [-0.2, -0.15) is 0 Å². The first-order chi connectivity index (χ1) is 10.3. The molecule has 2 heterocycles. The van der Waals surface area contributed by atoms with Crippen molar-refractivity contribution in [1.29, 1.82) is 0 Å². The van der Waals surface area contributed by atoms with Gasteiger partial charge in [0.05, 0.1) is 5.52 Å². The fraction of sp³-hybridized carbons (Fsp3) is 0.467. The topological polar surface area (TPSA) is 41.0 Å². The number of piperidine rings is 1. The molecule has 21 heavy (non-hydrogen) atoms. The Morgan fingerprint density at radius 3 is 2.90 bits per heavy atom. The molecule has 6 heteroatoms. The Balaban J connectivity index is 1.78. The lowest BCUT2D eigenvalue weighted by Crippen LogP contribution is -2.37. The van der Waals surface area contributed by atoms with Gasteiger partial charge >= 0.3 is 0 Å². The summed E-state index contributed by atoms with van der Waals surface area (Å²) in [6, 6.07) is 4.69. The summed E-state index contributed by atoms with van der Waals surface area (Å²) in [7, 11) is 0. The van der Waals surface area contributed by atoms with Crippen LogP contribution >= 0.6 is 11.9 Å². The summed E-state index contributed by atoms with van der Waals surface area (Å²) in [6.45, 7) is 2.97. The zero-order chi connectivity index (χ0) is 14.7. The third-order valence-electron chi connectivity index (χ3n) is 4.01. The Hall–Kier alpha value is -1.40. The Morgan fingerprint density at radius 1 is 1.33 bits per heavy atom. The van der Waals surface area contributed by atoms with Crippen LogP contribution in [0.5, 0.6) is 0 Å². The number of benzene rings is 1. The van der Waals surface area contributed by atoms with Crippen LogP contribution in [0.3, 0.4) is 0 Å². The van der Waals surface area contributed by atoms with Crippen molar-refractivity contribution in [3.63, 3.8) is 0 Å². The van der Waals surface area contributed by atoms with Crippen LogP contribution in [0.15, 0.2) is 24.5 Å². The number of anilines is 1. The second kappa shape index (κ2) is 6.58. The minimum atomic E-state index is -0.238. The van der Waals surface area contributed by atoms with Gasteiger partial charge in [0.1, 0.15) is 18.0 Å². The van der Waals surface area contributed by atoms with Crippen molar-refractivity contribution >= 4 is 28.7 Å². The predicted molar refractivity (Wildman–Crippen MR) is 86.0 cm³/mol. The van der Waals surface area contributed by atoms with E-state index in [0.717, 1.165) is 49.2 Å². The van der Waals surface area contributed by atoms with Gasteiger partial charge in [-0.3, -0.25) is 4.72 Å². The van der Waals surface area contributed by atoms with Crippen LogP contribution < -0.4 is 9.62 Å². The van der Waals surface area contributed by atoms with Crippen molar-refractivity contribution in [3.05, 3.63) is 30.3 Å². The highest BCUT2D eigenvalue weighted by Crippen LogP contribution is 2.27. The lowest BCUT2D eigenvalue weighted by atomic mass is 9.97. The zero-order valence-corrected chi connectivity index (χ0v) is 12.9. The first-order valence-corrected chi connectivity index (χ1v) is 8.41. The molecule has 1 aromatic carbocycles. The van der Waals surface area contributed by atoms with Crippen LogP contribution in [0.4, 0.5) is 10.2 Å². The molecule has 0 radical (unpaired) electrons. The molecule has 1 aliphatic rings. The van der Waals surface area contributed by atoms with E-state index in [-0.39, 0.29) is 5.82 Å². The fourth-order valence-electron chi connectivity index (χ4n) is 2.82. The van der Waals surface area contributed by atoms with E-state index in [0.29, 0.717) is 5.92 Å². The second-order valence-electron chi connectivity index (χ2n) is 5.34. The molecule has 1 saturated heterocycles. The molecule has 112 valence electrons. The third kappa shape index (κ3) is 3.27. The average molecular weight is 306 g/mol. The molecule has 1 fully saturated rings. The smallest absolute Gasteiger partial charge is 0.139 e. The van der Waals surface area contributed by atoms with E-state index in [1.165, 1.54) is 12.1 Å². The van der Waals surface area contributed by atoms with Gasteiger partial charge in [-0.15, -0.1) is 0 Å². The number of hydrogen-bond acceptors (Lipinski definition) is 5. The molecule has 3 rings (SSSR count). The summed E-state index contributed by atoms with van der Waals surface area (Å²) in [5.74, 6) is 1.33. The number of aromatic nitrogens is 2. The van der Waals surface area contributed by atoms with Gasteiger partial charge in [-0.05, 0) is 43.2 Å². The summed E-state index contributed by atoms with van der Waals surface area (Å²) in [5.41, 5.74) is 0.799. The van der Waals surface area contributed by atoms with Crippen LogP contribution in [0.2, 0.25) is 0 Å². The Kier molecular flexibility index (Phi) is 4.55. The zero-order valence-electron chi connectivity index (χ0n) is 12.1. The number of halogens is 1. The van der Waals surface area contributed by atoms with E-state index in [1.54, 1.807) is 24.3 Å². The minimum absolute atomic E-state index is 0.238. The normalized spacial score (nSPS) is 16.6. The molecule has 1 aromatic heterocycles. The van der Waals surface area contributed by atoms with E-state index in [4.69, 9.17) is 0 Å². The Bertz CT molecular complexity index is 614. The number of hydrogen-bond donors (Lipinski definition) is 1. The van der Waals surface area contributed by atoms with Crippen molar-refractivity contribution in [2.45, 2.75) is 12.8 Å². The summed E-state index contributed by atoms with van der Waals surface area (Å²) < 4.78 is 16.8. The number of nitrogens with one attached hydrogen (secondary N) is 1. The quantitative estimate of drug-likeness (QED) is 0.880. The number of nitrogens with zero attached hydrogens (tertiary/aromatic N) is 3. The first kappa shape index (κ1) is 14.5. The van der Waals surface area contributed by atoms with Crippen LogP contribution in [0.1, 0.15) is 12.8 Å². The van der Waals surface area contributed by atoms with E-state index < -0.39 is 0 Å². The van der Waals surface area contributed by atoms with Crippen LogP contribution in [0.25, 0.3) is 10.9 Å². The van der Waals surface area contributed by atoms with Gasteiger partial charge in [-0.1, -0.05) is 11.9 Å². The molecular formula is C15H19FN4S. The maximum Gasteiger partial charge on any atom is 0.139 e. The molecule has 1 aliphatic heterocycles. The van der Waals surface area contributed by atoms with E-state index in [9.17, 15) is 4.39 Å². The summed E-state index contributed by atoms with van der Waals surface area (Å²) in [6.07, 6.45) is 5.89. The second-order valence-corrected chi connectivity index (χ2v) is 6.04. The van der Waals surface area contributed by atoms with Gasteiger partial charge in [-0.25, -0.2) is 14.4 Å². The van der Waals surface area contributed by atoms with Crippen molar-refractivity contribution in [2.24, 2.45) is 5.92 Å². The minimum Gasteiger partial charge on any atom is -0.356 e. The van der Waals surface area contributed by atoms with Crippen molar-refractivity contribution in [1.82, 2.24) is 14.7 Å². The molecule has 0 spiro atoms. The van der Waals surface area contributed by atoms with Crippen LogP contribution in [0, 0.1) is 11.7 Å². The molecule has 4 nitrogen and oxygen atoms in total. The Labute approximate surface area is 128 Å². The summed E-state index contributed by atoms with van der Waals surface area (Å²) in [5, 5.41) is 0.804. The molecule has 0 unspecified atom stereocenters. The lowest BCUT2D eigenvalue weighted by molar-refractivity contribution is 0.406. The summed E-state index contributed by atoms with van der Waals surface area (Å²) in [4.78, 5) is 10.9. The largest absolute Gasteiger partial charge is 0.356 e. The van der Waals surface area contributed by atoms with Crippen LogP contribution in [-0.4, -0.2) is 35.9 Å². The maximum absolute atomic E-state index is 13.5. The third-order valence-corrected chi connectivity index (χ3v) is 4.46. The molecule has 2 aromatic rings. The van der Waals surface area contributed by atoms with Crippen molar-refractivity contribution < 1.29 is 4.39 Å². The number of fused-ring (bicyclic) bond motifs is 1. The van der Waals surface area contributed by atoms with Crippen LogP contribution in [-0.2, 0) is 0 Å². The highest BCUT2D eigenvalue weighted by atomic mass is 32.2. The molecule has 0 bridgehead atoms. The standard InChI is InChI=1S/C15H19FN4S/c1-21-19-9-11-4-6-20(7-5-11)15-13-8-12(16)2-3-14(13)17-10-18-15/h2-3,8,10-11,19H,4-7,9H2,1H3. The molecule has 0 saturated carbocycles. The summed E-state index contributed by atoms with van der Waals surface area (Å²) >= 11 is 1.67. The Morgan fingerprint density at radius 2 is 2.14 bits per heavy atom. The van der Waals surface area contributed by atoms with Crippen molar-refractivity contribution in [3.8, 4) is 0 Å². The van der Waals surface area contributed by atoms with Gasteiger partial charge < -0.3 is 4.90 Å². The van der Waals surface area contributed by atoms with E-state index in [1.807, 2.05) is 0 Å². The average Bonchev–Trinajstić information content (AvgIpc) is 2.53. The first-order valence-electron chi connectivity index (χ1n) is 7.19. The van der Waals surface area contributed by atoms with Gasteiger partial charge in [0.25, 0.3) is 0 Å². The highest BCUT2D eigenvalue weighted by Gasteiger charge is 2.21. The molecule has 0 atom stereocenters. The SMILES string of the molecule is CSNCC1CCN(c2ncnc3ccc(F)cc23)CC1. The van der Waals surface area contributed by atoms with E-state index in [2.05, 4.69) is 25.8 Å². The monoisotopic (exact) mass is 306 g/mol. The molecule has 0 amide bonds. The van der Waals surface area contributed by atoms with Gasteiger partial charge in [0, 0.05) is 25.0 Å². The fourth-order valence-corrected chi connectivity index (χ4v) is 3.22. The van der Waals surface area contributed by atoms with Crippen molar-refractivity contribution in [2.75, 3.05) is 30.8 Å². The highest BCUT2D eigenvalue weighted by molar-refractivity contribution is 7.96. The van der Waals surface area contributed by atoms with Gasteiger partial charge in [0.2, 0.25) is 0 Å². The molecule has 1 N–H and O–H groups in total.